The minimum absolute atomic E-state index is 0.185. The summed E-state index contributed by atoms with van der Waals surface area (Å²) < 4.78 is 7.52. The van der Waals surface area contributed by atoms with Gasteiger partial charge >= 0.3 is 0 Å². The average Bonchev–Trinajstić information content (AvgIpc) is 3.18. The third-order valence-electron chi connectivity index (χ3n) is 4.61. The third-order valence-corrected chi connectivity index (χ3v) is 4.61. The molecular weight excluding hydrogens is 306 g/mol. The Labute approximate surface area is 139 Å². The van der Waals surface area contributed by atoms with Crippen LogP contribution in [-0.4, -0.2) is 32.0 Å². The Morgan fingerprint density at radius 1 is 1.33 bits per heavy atom. The molecule has 0 fully saturated rings. The number of ether oxygens (including phenoxy) is 1. The van der Waals surface area contributed by atoms with Crippen LogP contribution in [0.5, 0.6) is 5.75 Å². The normalized spacial score (nSPS) is 16.2. The molecule has 1 amide bonds. The topological polar surface area (TPSA) is 84.8 Å². The fraction of sp³-hybridized carbons (Fsp3) is 0.353. The van der Waals surface area contributed by atoms with E-state index in [4.69, 9.17) is 4.74 Å². The Bertz CT molecular complexity index is 938. The first kappa shape index (κ1) is 14.7. The number of aromatic nitrogens is 4. The highest BCUT2D eigenvalue weighted by molar-refractivity contribution is 6.02. The van der Waals surface area contributed by atoms with Gasteiger partial charge in [-0.2, -0.15) is 10.2 Å². The molecule has 7 heteroatoms. The number of hydrogen-bond donors (Lipinski definition) is 2. The molecule has 0 saturated heterocycles. The van der Waals surface area contributed by atoms with Crippen molar-refractivity contribution in [1.29, 1.82) is 0 Å². The van der Waals surface area contributed by atoms with Gasteiger partial charge in [0, 0.05) is 13.5 Å². The largest absolute Gasteiger partial charge is 0.480 e. The van der Waals surface area contributed by atoms with Crippen molar-refractivity contribution in [3.8, 4) is 5.75 Å². The van der Waals surface area contributed by atoms with Gasteiger partial charge in [0.1, 0.15) is 11.6 Å². The summed E-state index contributed by atoms with van der Waals surface area (Å²) in [5.41, 5.74) is 4.98. The Kier molecular flexibility index (Phi) is 3.13. The standard InChI is InChI=1S/C17H19N5O2/c1-8-5-11-7-13(24-12(11)6-9(8)2)17(23)18-15-14-10(3)21-22(4)16(14)20-19-15/h5-6,13H,7H2,1-4H3,(H2,18,19,20,23)/t13-/m1/s1. The van der Waals surface area contributed by atoms with Crippen LogP contribution in [0.4, 0.5) is 5.82 Å². The van der Waals surface area contributed by atoms with E-state index in [1.807, 2.05) is 27.0 Å². The van der Waals surface area contributed by atoms with E-state index in [1.54, 1.807) is 4.68 Å². The Morgan fingerprint density at radius 2 is 2.08 bits per heavy atom. The summed E-state index contributed by atoms with van der Waals surface area (Å²) in [5, 5.41) is 15.1. The number of aryl methyl sites for hydroxylation is 4. The second-order valence-electron chi connectivity index (χ2n) is 6.35. The van der Waals surface area contributed by atoms with Crippen LogP contribution >= 0.6 is 0 Å². The van der Waals surface area contributed by atoms with E-state index < -0.39 is 6.10 Å². The van der Waals surface area contributed by atoms with Gasteiger partial charge in [0.15, 0.2) is 11.8 Å². The summed E-state index contributed by atoms with van der Waals surface area (Å²) in [6, 6.07) is 4.09. The summed E-state index contributed by atoms with van der Waals surface area (Å²) >= 11 is 0. The fourth-order valence-electron chi connectivity index (χ4n) is 3.19. The lowest BCUT2D eigenvalue weighted by atomic mass is 10.0. The van der Waals surface area contributed by atoms with Crippen molar-refractivity contribution in [2.45, 2.75) is 33.3 Å². The molecule has 2 N–H and O–H groups in total. The molecule has 3 heterocycles. The molecular formula is C17H19N5O2. The third kappa shape index (κ3) is 2.16. The van der Waals surface area contributed by atoms with Gasteiger partial charge in [-0.05, 0) is 43.5 Å². The summed E-state index contributed by atoms with van der Waals surface area (Å²) in [7, 11) is 1.82. The number of amides is 1. The molecule has 0 spiro atoms. The molecule has 7 nitrogen and oxygen atoms in total. The molecule has 1 aromatic carbocycles. The maximum absolute atomic E-state index is 12.6. The zero-order chi connectivity index (χ0) is 17.0. The van der Waals surface area contributed by atoms with Gasteiger partial charge in [-0.15, -0.1) is 0 Å². The molecule has 0 radical (unpaired) electrons. The van der Waals surface area contributed by atoms with Crippen LogP contribution in [-0.2, 0) is 18.3 Å². The second-order valence-corrected chi connectivity index (χ2v) is 6.35. The number of nitrogens with zero attached hydrogens (tertiary/aromatic N) is 3. The van der Waals surface area contributed by atoms with Crippen molar-refractivity contribution >= 4 is 22.8 Å². The number of anilines is 1. The van der Waals surface area contributed by atoms with Crippen molar-refractivity contribution < 1.29 is 9.53 Å². The van der Waals surface area contributed by atoms with Crippen LogP contribution in [0.15, 0.2) is 12.1 Å². The lowest BCUT2D eigenvalue weighted by Gasteiger charge is -2.10. The number of nitrogens with one attached hydrogen (secondary N) is 2. The monoisotopic (exact) mass is 325 g/mol. The van der Waals surface area contributed by atoms with E-state index >= 15 is 0 Å². The van der Waals surface area contributed by atoms with E-state index in [9.17, 15) is 4.79 Å². The van der Waals surface area contributed by atoms with Crippen LogP contribution in [0.1, 0.15) is 22.4 Å². The first-order valence-electron chi connectivity index (χ1n) is 7.89. The second kappa shape index (κ2) is 5.09. The van der Waals surface area contributed by atoms with Gasteiger partial charge in [-0.3, -0.25) is 9.89 Å². The van der Waals surface area contributed by atoms with E-state index in [1.165, 1.54) is 5.56 Å². The quantitative estimate of drug-likeness (QED) is 0.756. The number of carbonyl (C=O) groups is 1. The van der Waals surface area contributed by atoms with Crippen LogP contribution in [0.25, 0.3) is 11.0 Å². The zero-order valence-corrected chi connectivity index (χ0v) is 14.1. The SMILES string of the molecule is Cc1cc2c(cc1C)O[C@@H](C(=O)Nc1[nH]nc3c1c(C)nn3C)C2. The first-order chi connectivity index (χ1) is 11.4. The highest BCUT2D eigenvalue weighted by atomic mass is 16.5. The van der Waals surface area contributed by atoms with Gasteiger partial charge in [0.2, 0.25) is 0 Å². The lowest BCUT2D eigenvalue weighted by molar-refractivity contribution is -0.122. The molecule has 4 rings (SSSR count). The van der Waals surface area contributed by atoms with Crippen molar-refractivity contribution in [3.63, 3.8) is 0 Å². The summed E-state index contributed by atoms with van der Waals surface area (Å²) in [6.07, 6.45) is 0.0440. The van der Waals surface area contributed by atoms with Gasteiger partial charge < -0.3 is 10.1 Å². The number of rotatable bonds is 2. The molecule has 124 valence electrons. The maximum atomic E-state index is 12.6. The average molecular weight is 325 g/mol. The first-order valence-corrected chi connectivity index (χ1v) is 7.89. The Hall–Kier alpha value is -2.83. The number of carbonyl (C=O) groups excluding carboxylic acids is 1. The highest BCUT2D eigenvalue weighted by Crippen LogP contribution is 2.32. The van der Waals surface area contributed by atoms with Crippen molar-refractivity contribution in [3.05, 3.63) is 34.5 Å². The zero-order valence-electron chi connectivity index (χ0n) is 14.1. The summed E-state index contributed by atoms with van der Waals surface area (Å²) in [5.74, 6) is 1.17. The van der Waals surface area contributed by atoms with Crippen molar-refractivity contribution in [2.24, 2.45) is 7.05 Å². The molecule has 0 bridgehead atoms. The minimum Gasteiger partial charge on any atom is -0.480 e. The number of aromatic amines is 1. The summed E-state index contributed by atoms with van der Waals surface area (Å²) in [4.78, 5) is 12.6. The van der Waals surface area contributed by atoms with Crippen LogP contribution in [0, 0.1) is 20.8 Å². The van der Waals surface area contributed by atoms with Crippen LogP contribution in [0.2, 0.25) is 0 Å². The number of hydrogen-bond acceptors (Lipinski definition) is 4. The van der Waals surface area contributed by atoms with E-state index in [0.29, 0.717) is 17.9 Å². The van der Waals surface area contributed by atoms with Crippen LogP contribution in [0.3, 0.4) is 0 Å². The van der Waals surface area contributed by atoms with Gasteiger partial charge in [0.05, 0.1) is 11.1 Å². The molecule has 1 aliphatic rings. The summed E-state index contributed by atoms with van der Waals surface area (Å²) in [6.45, 7) is 6.00. The molecule has 1 atom stereocenters. The maximum Gasteiger partial charge on any atom is 0.266 e. The number of H-pyrrole nitrogens is 1. The number of fused-ring (bicyclic) bond motifs is 2. The molecule has 1 aliphatic heterocycles. The van der Waals surface area contributed by atoms with Crippen molar-refractivity contribution in [1.82, 2.24) is 20.0 Å². The van der Waals surface area contributed by atoms with E-state index in [-0.39, 0.29) is 5.91 Å². The molecule has 2 aromatic heterocycles. The highest BCUT2D eigenvalue weighted by Gasteiger charge is 2.30. The van der Waals surface area contributed by atoms with Crippen molar-refractivity contribution in [2.75, 3.05) is 5.32 Å². The smallest absolute Gasteiger partial charge is 0.266 e. The van der Waals surface area contributed by atoms with Gasteiger partial charge in [0.25, 0.3) is 5.91 Å². The lowest BCUT2D eigenvalue weighted by Crippen LogP contribution is -2.31. The minimum atomic E-state index is -0.531. The molecule has 3 aromatic rings. The van der Waals surface area contributed by atoms with Gasteiger partial charge in [-0.1, -0.05) is 6.07 Å². The molecule has 0 unspecified atom stereocenters. The Balaban J connectivity index is 1.57. The van der Waals surface area contributed by atoms with E-state index in [0.717, 1.165) is 28.0 Å². The fourth-order valence-corrected chi connectivity index (χ4v) is 3.19. The molecule has 0 saturated carbocycles. The van der Waals surface area contributed by atoms with Crippen LogP contribution < -0.4 is 10.1 Å². The predicted octanol–water partition coefficient (Wildman–Crippen LogP) is 2.16. The number of benzene rings is 1. The van der Waals surface area contributed by atoms with E-state index in [2.05, 4.69) is 33.6 Å². The Morgan fingerprint density at radius 3 is 2.88 bits per heavy atom. The van der Waals surface area contributed by atoms with Gasteiger partial charge in [-0.25, -0.2) is 4.68 Å². The molecule has 0 aliphatic carbocycles. The molecule has 24 heavy (non-hydrogen) atoms. The predicted molar refractivity (Wildman–Crippen MR) is 90.3 cm³/mol.